The Morgan fingerprint density at radius 2 is 1.67 bits per heavy atom. The first kappa shape index (κ1) is 46.4. The molecule has 0 unspecified atom stereocenters. The Morgan fingerprint density at radius 1 is 0.924 bits per heavy atom. The number of fused-ring (bicyclic) bond motifs is 6. The molecule has 0 bridgehead atoms. The summed E-state index contributed by atoms with van der Waals surface area (Å²) in [4.78, 5) is 73.9. The van der Waals surface area contributed by atoms with Gasteiger partial charge in [-0.05, 0) is 118 Å². The molecule has 5 heterocycles. The van der Waals surface area contributed by atoms with Gasteiger partial charge in [0.15, 0.2) is 0 Å². The fourth-order valence-corrected chi connectivity index (χ4v) is 10.4. The van der Waals surface area contributed by atoms with Gasteiger partial charge in [-0.3, -0.25) is 9.59 Å². The maximum atomic E-state index is 14.5. The number of alkyl carbamates (subject to hydrolysis) is 2. The minimum atomic E-state index is -0.751. The fraction of sp³-hybridized carbons (Fsp3) is 0.520. The summed E-state index contributed by atoms with van der Waals surface area (Å²) in [7, 11) is 2.61. The van der Waals surface area contributed by atoms with Crippen molar-refractivity contribution in [1.29, 1.82) is 0 Å². The van der Waals surface area contributed by atoms with Gasteiger partial charge in [-0.15, -0.1) is 0 Å². The van der Waals surface area contributed by atoms with Crippen molar-refractivity contribution in [2.24, 2.45) is 11.8 Å². The third-order valence-electron chi connectivity index (χ3n) is 13.7. The summed E-state index contributed by atoms with van der Waals surface area (Å²) in [5.74, 6) is 1.54. The highest BCUT2D eigenvalue weighted by Gasteiger charge is 2.44. The van der Waals surface area contributed by atoms with Crippen molar-refractivity contribution in [2.45, 2.75) is 143 Å². The molecule has 2 fully saturated rings. The smallest absolute Gasteiger partial charge is 0.407 e. The fourth-order valence-electron chi connectivity index (χ4n) is 10.4. The Hall–Kier alpha value is -6.16. The summed E-state index contributed by atoms with van der Waals surface area (Å²) in [6, 6.07) is 12.7. The van der Waals surface area contributed by atoms with Crippen LogP contribution in [-0.2, 0) is 37.0 Å². The molecule has 2 saturated heterocycles. The van der Waals surface area contributed by atoms with Crippen LogP contribution >= 0.6 is 0 Å². The number of hydrogen-bond acceptors (Lipinski definition) is 10. The van der Waals surface area contributed by atoms with Gasteiger partial charge in [0.05, 0.1) is 61.9 Å². The summed E-state index contributed by atoms with van der Waals surface area (Å²) < 4.78 is 22.2. The predicted octanol–water partition coefficient (Wildman–Crippen LogP) is 8.54. The number of nitrogens with one attached hydrogen (secondary N) is 4. The maximum Gasteiger partial charge on any atom is 0.407 e. The Bertz CT molecular complexity index is 2600. The van der Waals surface area contributed by atoms with E-state index in [0.29, 0.717) is 31.1 Å². The van der Waals surface area contributed by atoms with Crippen LogP contribution in [0.25, 0.3) is 44.2 Å². The molecule has 0 radical (unpaired) electrons. The van der Waals surface area contributed by atoms with E-state index >= 15 is 0 Å². The number of ether oxygens (including phenoxy) is 4. The molecule has 0 aliphatic carbocycles. The molecular weight excluding hydrogens is 841 g/mol. The van der Waals surface area contributed by atoms with Gasteiger partial charge in [0.2, 0.25) is 11.8 Å². The van der Waals surface area contributed by atoms with E-state index in [1.807, 2.05) is 51.8 Å². The maximum absolute atomic E-state index is 14.5. The molecule has 2 aromatic heterocycles. The zero-order chi connectivity index (χ0) is 47.0. The third-order valence-corrected chi connectivity index (χ3v) is 13.7. The van der Waals surface area contributed by atoms with Gasteiger partial charge < -0.3 is 49.3 Å². The average molecular weight is 905 g/mol. The average Bonchev–Trinajstić information content (AvgIpc) is 4.06. The van der Waals surface area contributed by atoms with Crippen molar-refractivity contribution in [2.75, 3.05) is 14.2 Å². The van der Waals surface area contributed by atoms with Gasteiger partial charge in [-0.2, -0.15) is 0 Å². The van der Waals surface area contributed by atoms with E-state index in [-0.39, 0.29) is 60.5 Å². The topological polar surface area (TPSA) is 193 Å². The Kier molecular flexibility index (Phi) is 13.6. The van der Waals surface area contributed by atoms with Crippen LogP contribution in [-0.4, -0.2) is 104 Å². The highest BCUT2D eigenvalue weighted by atomic mass is 16.5. The van der Waals surface area contributed by atoms with Crippen LogP contribution in [0.15, 0.2) is 48.7 Å². The largest absolute Gasteiger partial charge is 0.488 e. The van der Waals surface area contributed by atoms with Crippen LogP contribution in [0.5, 0.6) is 5.75 Å². The van der Waals surface area contributed by atoms with E-state index < -0.39 is 24.3 Å². The van der Waals surface area contributed by atoms with E-state index in [0.717, 1.165) is 81.2 Å². The molecule has 66 heavy (non-hydrogen) atoms. The number of hydrogen-bond donors (Lipinski definition) is 4. The summed E-state index contributed by atoms with van der Waals surface area (Å²) in [5.41, 5.74) is 6.51. The third kappa shape index (κ3) is 9.29. The van der Waals surface area contributed by atoms with Gasteiger partial charge in [0, 0.05) is 23.0 Å². The van der Waals surface area contributed by atoms with Gasteiger partial charge in [0.25, 0.3) is 0 Å². The molecule has 7 atom stereocenters. The Labute approximate surface area is 385 Å². The monoisotopic (exact) mass is 904 g/mol. The number of aromatic nitrogens is 4. The van der Waals surface area contributed by atoms with Gasteiger partial charge >= 0.3 is 12.2 Å². The lowest BCUT2D eigenvalue weighted by Crippen LogP contribution is -2.55. The zero-order valence-electron chi connectivity index (χ0n) is 39.5. The standard InChI is InChI=1S/C50H64N8O8/c1-10-11-27(4)57(47(59)43(26(2)3)55-49(61)63-8)24-42-52-38-16-14-31-21-37-35-15-13-32(20-34(35)25-65-41(37)22-36(31)45(38)54-42)39-23-51-46(53-39)40-17-12-28(5)58(40)48(60)44(56-50(62)64-9)33-18-29(6)66-30(7)19-33/h13-16,20-23,26-30,33,40,43-44H,10-12,17-19,24-25H2,1-9H3,(H,51,53)(H,52,54)(H,55,61)(H,56,62)/t27-,28-,29+,30+,40-,43-,44+/m0/s1. The van der Waals surface area contributed by atoms with Crippen molar-refractivity contribution >= 4 is 45.8 Å². The van der Waals surface area contributed by atoms with Gasteiger partial charge in [-0.1, -0.05) is 45.4 Å². The van der Waals surface area contributed by atoms with Crippen molar-refractivity contribution in [3.8, 4) is 28.1 Å². The number of aromatic amines is 2. The van der Waals surface area contributed by atoms with Crippen molar-refractivity contribution in [3.63, 3.8) is 0 Å². The Balaban J connectivity index is 1.03. The molecule has 352 valence electrons. The number of rotatable bonds is 13. The lowest BCUT2D eigenvalue weighted by Gasteiger charge is -2.39. The lowest BCUT2D eigenvalue weighted by molar-refractivity contribution is -0.140. The number of benzene rings is 3. The van der Waals surface area contributed by atoms with Crippen LogP contribution in [0.2, 0.25) is 0 Å². The van der Waals surface area contributed by atoms with Crippen LogP contribution in [0.4, 0.5) is 9.59 Å². The number of carbonyl (C=O) groups is 4. The van der Waals surface area contributed by atoms with Crippen molar-refractivity contribution < 1.29 is 38.1 Å². The Morgan fingerprint density at radius 3 is 2.38 bits per heavy atom. The number of H-pyrrole nitrogens is 2. The number of amides is 4. The van der Waals surface area contributed by atoms with E-state index in [1.165, 1.54) is 14.2 Å². The summed E-state index contributed by atoms with van der Waals surface area (Å²) in [5, 5.41) is 7.55. The van der Waals surface area contributed by atoms with Gasteiger partial charge in [-0.25, -0.2) is 19.6 Å². The highest BCUT2D eigenvalue weighted by molar-refractivity contribution is 6.07. The van der Waals surface area contributed by atoms with Crippen LogP contribution in [0.1, 0.15) is 110 Å². The minimum absolute atomic E-state index is 0.0318. The lowest BCUT2D eigenvalue weighted by atomic mass is 9.85. The van der Waals surface area contributed by atoms with Crippen molar-refractivity contribution in [3.05, 3.63) is 65.9 Å². The predicted molar refractivity (Wildman–Crippen MR) is 250 cm³/mol. The molecule has 5 aromatic rings. The first-order valence-electron chi connectivity index (χ1n) is 23.4. The van der Waals surface area contributed by atoms with Crippen LogP contribution in [0, 0.1) is 11.8 Å². The molecular formula is C50H64N8O8. The van der Waals surface area contributed by atoms with E-state index in [2.05, 4.69) is 70.8 Å². The number of likely N-dealkylation sites (tertiary alicyclic amines) is 1. The first-order chi connectivity index (χ1) is 31.7. The summed E-state index contributed by atoms with van der Waals surface area (Å²) in [6.45, 7) is 14.6. The first-order valence-corrected chi connectivity index (χ1v) is 23.4. The molecule has 3 aliphatic heterocycles. The second-order valence-corrected chi connectivity index (χ2v) is 18.8. The normalized spacial score (nSPS) is 21.7. The number of imidazole rings is 2. The molecule has 4 amide bonds. The molecule has 8 rings (SSSR count). The second kappa shape index (κ2) is 19.4. The minimum Gasteiger partial charge on any atom is -0.488 e. The molecule has 16 heteroatoms. The van der Waals surface area contributed by atoms with E-state index in [9.17, 15) is 19.2 Å². The van der Waals surface area contributed by atoms with Gasteiger partial charge in [0.1, 0.15) is 36.1 Å². The molecule has 3 aliphatic rings. The highest BCUT2D eigenvalue weighted by Crippen LogP contribution is 2.43. The number of carbonyl (C=O) groups excluding carboxylic acids is 4. The SMILES string of the molecule is CCC[C@H](C)N(Cc1nc2c(ccc3cc4c(cc32)OCc2cc(-c3cnc([C@@H]5CC[C@H](C)N5C(=O)[C@H](NC(=O)OC)C5C[C@@H](C)O[C@H](C)C5)[nH]3)ccc2-4)[nH]1)C(=O)[C@@H](NC(=O)OC)C(C)C. The quantitative estimate of drug-likeness (QED) is 0.0890. The summed E-state index contributed by atoms with van der Waals surface area (Å²) in [6.07, 6.45) is 5.04. The second-order valence-electron chi connectivity index (χ2n) is 18.8. The van der Waals surface area contributed by atoms with Crippen LogP contribution in [0.3, 0.4) is 0 Å². The summed E-state index contributed by atoms with van der Waals surface area (Å²) >= 11 is 0. The molecule has 4 N–H and O–H groups in total. The van der Waals surface area contributed by atoms with Crippen molar-refractivity contribution in [1.82, 2.24) is 40.4 Å². The number of nitrogens with zero attached hydrogens (tertiary/aromatic N) is 4. The molecule has 0 saturated carbocycles. The molecule has 0 spiro atoms. The zero-order valence-corrected chi connectivity index (χ0v) is 39.5. The van der Waals surface area contributed by atoms with Crippen LogP contribution < -0.4 is 15.4 Å². The van der Waals surface area contributed by atoms with E-state index in [4.69, 9.17) is 28.9 Å². The van der Waals surface area contributed by atoms with E-state index in [1.54, 1.807) is 4.90 Å². The number of methoxy groups -OCH3 is 2. The molecule has 16 nitrogen and oxygen atoms in total. The molecule has 3 aromatic carbocycles.